The number of amides is 1. The summed E-state index contributed by atoms with van der Waals surface area (Å²) in [6.07, 6.45) is 3.42. The SMILES string of the molecule is CC1CCCCN1C(=O)c1ccc(N)c(Br)c1. The Kier molecular flexibility index (Phi) is 3.72. The van der Waals surface area contributed by atoms with Crippen molar-refractivity contribution in [2.24, 2.45) is 0 Å². The molecule has 2 N–H and O–H groups in total. The first-order chi connectivity index (χ1) is 8.09. The molecule has 1 amide bonds. The fourth-order valence-corrected chi connectivity index (χ4v) is 2.60. The number of hydrogen-bond donors (Lipinski definition) is 1. The second kappa shape index (κ2) is 5.08. The Morgan fingerprint density at radius 1 is 1.47 bits per heavy atom. The van der Waals surface area contributed by atoms with E-state index in [1.807, 2.05) is 4.90 Å². The summed E-state index contributed by atoms with van der Waals surface area (Å²) in [5.74, 6) is 0.109. The lowest BCUT2D eigenvalue weighted by Gasteiger charge is -2.33. The van der Waals surface area contributed by atoms with Crippen molar-refractivity contribution < 1.29 is 4.79 Å². The number of nitrogens with zero attached hydrogens (tertiary/aromatic N) is 1. The molecule has 0 aliphatic carbocycles. The Bertz CT molecular complexity index is 433. The fraction of sp³-hybridized carbons (Fsp3) is 0.462. The maximum atomic E-state index is 12.3. The van der Waals surface area contributed by atoms with E-state index in [0.29, 0.717) is 17.3 Å². The number of anilines is 1. The molecule has 4 heteroatoms. The lowest BCUT2D eigenvalue weighted by Crippen LogP contribution is -2.42. The van der Waals surface area contributed by atoms with E-state index in [-0.39, 0.29) is 5.91 Å². The van der Waals surface area contributed by atoms with Crippen LogP contribution in [0.5, 0.6) is 0 Å². The van der Waals surface area contributed by atoms with Crippen molar-refractivity contribution >= 4 is 27.5 Å². The van der Waals surface area contributed by atoms with Crippen LogP contribution in [0, 0.1) is 0 Å². The topological polar surface area (TPSA) is 46.3 Å². The predicted molar refractivity (Wildman–Crippen MR) is 72.9 cm³/mol. The van der Waals surface area contributed by atoms with Gasteiger partial charge in [0.05, 0.1) is 0 Å². The van der Waals surface area contributed by atoms with Crippen molar-refractivity contribution in [3.05, 3.63) is 28.2 Å². The van der Waals surface area contributed by atoms with Crippen LogP contribution in [-0.2, 0) is 0 Å². The molecule has 92 valence electrons. The van der Waals surface area contributed by atoms with Crippen LogP contribution in [-0.4, -0.2) is 23.4 Å². The zero-order valence-corrected chi connectivity index (χ0v) is 11.5. The molecule has 1 atom stereocenters. The average molecular weight is 297 g/mol. The molecule has 0 radical (unpaired) electrons. The monoisotopic (exact) mass is 296 g/mol. The van der Waals surface area contributed by atoms with Gasteiger partial charge in [0.2, 0.25) is 0 Å². The first-order valence-electron chi connectivity index (χ1n) is 5.95. The van der Waals surface area contributed by atoms with Crippen LogP contribution in [0.3, 0.4) is 0 Å². The molecule has 1 aromatic carbocycles. The molecule has 0 aromatic heterocycles. The molecule has 2 rings (SSSR count). The van der Waals surface area contributed by atoms with Gasteiger partial charge in [-0.05, 0) is 60.3 Å². The Morgan fingerprint density at radius 2 is 2.24 bits per heavy atom. The number of carbonyl (C=O) groups is 1. The first-order valence-corrected chi connectivity index (χ1v) is 6.75. The third-order valence-corrected chi connectivity index (χ3v) is 4.00. The number of carbonyl (C=O) groups excluding carboxylic acids is 1. The van der Waals surface area contributed by atoms with Gasteiger partial charge in [-0.1, -0.05) is 0 Å². The fourth-order valence-electron chi connectivity index (χ4n) is 2.23. The second-order valence-corrected chi connectivity index (χ2v) is 5.43. The quantitative estimate of drug-likeness (QED) is 0.810. The molecule has 0 spiro atoms. The summed E-state index contributed by atoms with van der Waals surface area (Å²) < 4.78 is 0.785. The van der Waals surface area contributed by atoms with Gasteiger partial charge in [-0.2, -0.15) is 0 Å². The van der Waals surface area contributed by atoms with Gasteiger partial charge >= 0.3 is 0 Å². The molecule has 1 aliphatic heterocycles. The average Bonchev–Trinajstić information content (AvgIpc) is 2.32. The van der Waals surface area contributed by atoms with Gasteiger partial charge in [0.25, 0.3) is 5.91 Å². The minimum absolute atomic E-state index is 0.109. The van der Waals surface area contributed by atoms with E-state index in [4.69, 9.17) is 5.73 Å². The van der Waals surface area contributed by atoms with Crippen LogP contribution in [0.15, 0.2) is 22.7 Å². The summed E-state index contributed by atoms with van der Waals surface area (Å²) >= 11 is 3.36. The molecule has 0 bridgehead atoms. The van der Waals surface area contributed by atoms with E-state index in [2.05, 4.69) is 22.9 Å². The van der Waals surface area contributed by atoms with Gasteiger partial charge < -0.3 is 10.6 Å². The summed E-state index contributed by atoms with van der Waals surface area (Å²) in [4.78, 5) is 14.3. The Labute approximate surface area is 110 Å². The summed E-state index contributed by atoms with van der Waals surface area (Å²) in [6.45, 7) is 2.98. The molecular weight excluding hydrogens is 280 g/mol. The Balaban J connectivity index is 2.21. The molecule has 0 saturated carbocycles. The smallest absolute Gasteiger partial charge is 0.254 e. The normalized spacial score (nSPS) is 20.4. The Hall–Kier alpha value is -1.03. The molecule has 1 unspecified atom stereocenters. The highest BCUT2D eigenvalue weighted by Crippen LogP contribution is 2.24. The van der Waals surface area contributed by atoms with Crippen molar-refractivity contribution in [1.29, 1.82) is 0 Å². The third kappa shape index (κ3) is 2.63. The van der Waals surface area contributed by atoms with E-state index in [9.17, 15) is 4.79 Å². The highest BCUT2D eigenvalue weighted by Gasteiger charge is 2.24. The Morgan fingerprint density at radius 3 is 2.88 bits per heavy atom. The maximum absolute atomic E-state index is 12.3. The van der Waals surface area contributed by atoms with Gasteiger partial charge in [-0.3, -0.25) is 4.79 Å². The summed E-state index contributed by atoms with van der Waals surface area (Å²) in [5, 5.41) is 0. The minimum atomic E-state index is 0.109. The van der Waals surface area contributed by atoms with Crippen molar-refractivity contribution in [1.82, 2.24) is 4.90 Å². The van der Waals surface area contributed by atoms with Crippen molar-refractivity contribution in [3.63, 3.8) is 0 Å². The lowest BCUT2D eigenvalue weighted by atomic mass is 10.0. The van der Waals surface area contributed by atoms with Crippen molar-refractivity contribution in [3.8, 4) is 0 Å². The van der Waals surface area contributed by atoms with Gasteiger partial charge in [0.1, 0.15) is 0 Å². The molecule has 1 saturated heterocycles. The van der Waals surface area contributed by atoms with Crippen LogP contribution in [0.4, 0.5) is 5.69 Å². The predicted octanol–water partition coefficient (Wildman–Crippen LogP) is 3.05. The molecule has 1 aliphatic rings. The molecule has 1 heterocycles. The van der Waals surface area contributed by atoms with Gasteiger partial charge in [-0.15, -0.1) is 0 Å². The number of halogens is 1. The van der Waals surface area contributed by atoms with E-state index in [1.165, 1.54) is 6.42 Å². The highest BCUT2D eigenvalue weighted by molar-refractivity contribution is 9.10. The zero-order chi connectivity index (χ0) is 12.4. The second-order valence-electron chi connectivity index (χ2n) is 4.58. The number of rotatable bonds is 1. The number of nitrogens with two attached hydrogens (primary N) is 1. The number of benzene rings is 1. The summed E-state index contributed by atoms with van der Waals surface area (Å²) in [7, 11) is 0. The molecule has 17 heavy (non-hydrogen) atoms. The highest BCUT2D eigenvalue weighted by atomic mass is 79.9. The van der Waals surface area contributed by atoms with Gasteiger partial charge in [0.15, 0.2) is 0 Å². The lowest BCUT2D eigenvalue weighted by molar-refractivity contribution is 0.0635. The van der Waals surface area contributed by atoms with E-state index in [0.717, 1.165) is 23.9 Å². The van der Waals surface area contributed by atoms with Crippen molar-refractivity contribution in [2.75, 3.05) is 12.3 Å². The van der Waals surface area contributed by atoms with Crippen LogP contribution >= 0.6 is 15.9 Å². The number of piperidine rings is 1. The largest absolute Gasteiger partial charge is 0.398 e. The molecule has 3 nitrogen and oxygen atoms in total. The molecular formula is C13H17BrN2O. The number of nitrogen functional groups attached to an aromatic ring is 1. The van der Waals surface area contributed by atoms with Crippen LogP contribution in [0.2, 0.25) is 0 Å². The van der Waals surface area contributed by atoms with E-state index >= 15 is 0 Å². The van der Waals surface area contributed by atoms with Crippen LogP contribution in [0.1, 0.15) is 36.5 Å². The minimum Gasteiger partial charge on any atom is -0.398 e. The zero-order valence-electron chi connectivity index (χ0n) is 9.95. The molecule has 1 aromatic rings. The van der Waals surface area contributed by atoms with E-state index < -0.39 is 0 Å². The summed E-state index contributed by atoms with van der Waals surface area (Å²) in [6, 6.07) is 5.71. The molecule has 1 fully saturated rings. The summed E-state index contributed by atoms with van der Waals surface area (Å²) in [5.41, 5.74) is 7.09. The van der Waals surface area contributed by atoms with Gasteiger partial charge in [0, 0.05) is 28.3 Å². The van der Waals surface area contributed by atoms with Crippen LogP contribution < -0.4 is 5.73 Å². The number of likely N-dealkylation sites (tertiary alicyclic amines) is 1. The third-order valence-electron chi connectivity index (χ3n) is 3.31. The standard InChI is InChI=1S/C13H17BrN2O/c1-9-4-2-3-7-16(9)13(17)10-5-6-12(15)11(14)8-10/h5-6,8-9H,2-4,7,15H2,1H3. The van der Waals surface area contributed by atoms with Gasteiger partial charge in [-0.25, -0.2) is 0 Å². The first kappa shape index (κ1) is 12.4. The van der Waals surface area contributed by atoms with E-state index in [1.54, 1.807) is 18.2 Å². The number of hydrogen-bond acceptors (Lipinski definition) is 2. The van der Waals surface area contributed by atoms with Crippen LogP contribution in [0.25, 0.3) is 0 Å². The van der Waals surface area contributed by atoms with Crippen molar-refractivity contribution in [2.45, 2.75) is 32.2 Å². The maximum Gasteiger partial charge on any atom is 0.254 e.